The molecule has 0 unspecified atom stereocenters. The quantitative estimate of drug-likeness (QED) is 0.864. The summed E-state index contributed by atoms with van der Waals surface area (Å²) in [5.74, 6) is -0.0799. The van der Waals surface area contributed by atoms with Crippen molar-refractivity contribution in [3.8, 4) is 0 Å². The monoisotopic (exact) mass is 316 g/mol. The molecule has 1 heterocycles. The number of nitrogens with zero attached hydrogens (tertiary/aromatic N) is 1. The molecule has 1 aliphatic carbocycles. The standard InChI is InChI=1S/C15H28N2O3S/c1-13(16-21(2,19)20)14(18)17-11-7-10-15(12-17)8-5-3-4-6-9-15/h13,16H,3-12H2,1-2H3/t13-/m1/s1. The molecule has 2 rings (SSSR count). The maximum absolute atomic E-state index is 12.5. The molecule has 1 N–H and O–H groups in total. The minimum absolute atomic E-state index is 0.0799. The number of piperidine rings is 1. The second-order valence-electron chi connectivity index (χ2n) is 6.89. The fourth-order valence-corrected chi connectivity index (χ4v) is 4.67. The van der Waals surface area contributed by atoms with Crippen molar-refractivity contribution >= 4 is 15.9 Å². The molecule has 1 saturated heterocycles. The molecule has 6 heteroatoms. The lowest BCUT2D eigenvalue weighted by Gasteiger charge is -2.43. The van der Waals surface area contributed by atoms with Gasteiger partial charge in [0.2, 0.25) is 15.9 Å². The van der Waals surface area contributed by atoms with Gasteiger partial charge in [-0.1, -0.05) is 25.7 Å². The van der Waals surface area contributed by atoms with E-state index in [2.05, 4.69) is 4.72 Å². The zero-order chi connectivity index (χ0) is 15.5. The molecule has 0 aromatic rings. The van der Waals surface area contributed by atoms with E-state index in [1.807, 2.05) is 4.90 Å². The lowest BCUT2D eigenvalue weighted by atomic mass is 9.74. The molecule has 2 aliphatic rings. The SMILES string of the molecule is C[C@@H](NS(C)(=O)=O)C(=O)N1CCCC2(CCCCCC2)C1. The Labute approximate surface area is 128 Å². The topological polar surface area (TPSA) is 66.5 Å². The normalized spacial score (nSPS) is 24.6. The number of nitrogens with one attached hydrogen (secondary N) is 1. The second-order valence-corrected chi connectivity index (χ2v) is 8.67. The van der Waals surface area contributed by atoms with Crippen molar-refractivity contribution in [3.05, 3.63) is 0 Å². The molecule has 0 radical (unpaired) electrons. The van der Waals surface area contributed by atoms with Crippen molar-refractivity contribution in [1.29, 1.82) is 0 Å². The Morgan fingerprint density at radius 3 is 2.24 bits per heavy atom. The number of hydrogen-bond donors (Lipinski definition) is 1. The molecule has 0 aromatic heterocycles. The van der Waals surface area contributed by atoms with E-state index in [-0.39, 0.29) is 11.3 Å². The second kappa shape index (κ2) is 6.65. The van der Waals surface area contributed by atoms with Crippen molar-refractivity contribution < 1.29 is 13.2 Å². The van der Waals surface area contributed by atoms with Crippen LogP contribution in [0.2, 0.25) is 0 Å². The molecule has 0 aromatic carbocycles. The fraction of sp³-hybridized carbons (Fsp3) is 0.933. The van der Waals surface area contributed by atoms with Crippen LogP contribution in [0.3, 0.4) is 0 Å². The predicted molar refractivity (Wildman–Crippen MR) is 83.4 cm³/mol. The molecular weight excluding hydrogens is 288 g/mol. The van der Waals surface area contributed by atoms with Crippen LogP contribution in [0.25, 0.3) is 0 Å². The van der Waals surface area contributed by atoms with Crippen molar-refractivity contribution in [2.75, 3.05) is 19.3 Å². The van der Waals surface area contributed by atoms with Gasteiger partial charge in [0, 0.05) is 13.1 Å². The highest BCUT2D eigenvalue weighted by atomic mass is 32.2. The number of carbonyl (C=O) groups excluding carboxylic acids is 1. The largest absolute Gasteiger partial charge is 0.341 e. The van der Waals surface area contributed by atoms with Crippen LogP contribution in [0.5, 0.6) is 0 Å². The lowest BCUT2D eigenvalue weighted by molar-refractivity contribution is -0.136. The van der Waals surface area contributed by atoms with E-state index in [1.54, 1.807) is 6.92 Å². The Morgan fingerprint density at radius 1 is 1.10 bits per heavy atom. The van der Waals surface area contributed by atoms with Crippen LogP contribution in [0.15, 0.2) is 0 Å². The molecule has 21 heavy (non-hydrogen) atoms. The van der Waals surface area contributed by atoms with Gasteiger partial charge >= 0.3 is 0 Å². The summed E-state index contributed by atoms with van der Waals surface area (Å²) in [6.07, 6.45) is 10.9. The van der Waals surface area contributed by atoms with E-state index < -0.39 is 16.1 Å². The predicted octanol–water partition coefficient (Wildman–Crippen LogP) is 1.89. The van der Waals surface area contributed by atoms with Gasteiger partial charge in [-0.25, -0.2) is 13.1 Å². The van der Waals surface area contributed by atoms with Crippen molar-refractivity contribution in [3.63, 3.8) is 0 Å². The Kier molecular flexibility index (Phi) is 5.30. The lowest BCUT2D eigenvalue weighted by Crippen LogP contribution is -2.52. The van der Waals surface area contributed by atoms with Crippen LogP contribution in [0, 0.1) is 5.41 Å². The maximum atomic E-state index is 12.5. The van der Waals surface area contributed by atoms with E-state index in [4.69, 9.17) is 0 Å². The number of likely N-dealkylation sites (tertiary alicyclic amines) is 1. The Morgan fingerprint density at radius 2 is 1.67 bits per heavy atom. The molecule has 1 aliphatic heterocycles. The van der Waals surface area contributed by atoms with Gasteiger partial charge in [0.1, 0.15) is 0 Å². The van der Waals surface area contributed by atoms with Gasteiger partial charge in [0.15, 0.2) is 0 Å². The number of hydrogen-bond acceptors (Lipinski definition) is 3. The third-order valence-corrected chi connectivity index (χ3v) is 5.68. The van der Waals surface area contributed by atoms with Crippen LogP contribution < -0.4 is 4.72 Å². The summed E-state index contributed by atoms with van der Waals surface area (Å²) < 4.78 is 25.0. The molecule has 122 valence electrons. The number of amides is 1. The van der Waals surface area contributed by atoms with Gasteiger partial charge < -0.3 is 4.90 Å². The van der Waals surface area contributed by atoms with E-state index in [0.29, 0.717) is 0 Å². The van der Waals surface area contributed by atoms with Gasteiger partial charge in [-0.2, -0.15) is 0 Å². The Balaban J connectivity index is 2.01. The van der Waals surface area contributed by atoms with Gasteiger partial charge in [0.25, 0.3) is 0 Å². The number of sulfonamides is 1. The molecule has 1 spiro atoms. The zero-order valence-electron chi connectivity index (χ0n) is 13.2. The van der Waals surface area contributed by atoms with Crippen LogP contribution in [0.1, 0.15) is 58.3 Å². The number of rotatable bonds is 3. The Hall–Kier alpha value is -0.620. The number of carbonyl (C=O) groups is 1. The minimum atomic E-state index is -3.34. The van der Waals surface area contributed by atoms with Crippen LogP contribution in [-0.2, 0) is 14.8 Å². The molecule has 2 fully saturated rings. The van der Waals surface area contributed by atoms with Gasteiger partial charge in [-0.15, -0.1) is 0 Å². The summed E-state index contributed by atoms with van der Waals surface area (Å²) in [4.78, 5) is 14.4. The Bertz CT molecular complexity index is 467. The van der Waals surface area contributed by atoms with E-state index in [9.17, 15) is 13.2 Å². The first-order valence-corrected chi connectivity index (χ1v) is 9.97. The van der Waals surface area contributed by atoms with Gasteiger partial charge in [0.05, 0.1) is 12.3 Å². The average Bonchev–Trinajstić information content (AvgIpc) is 2.62. The molecule has 1 atom stereocenters. The highest BCUT2D eigenvalue weighted by Crippen LogP contribution is 2.42. The van der Waals surface area contributed by atoms with Gasteiger partial charge in [-0.3, -0.25) is 4.79 Å². The molecule has 5 nitrogen and oxygen atoms in total. The summed E-state index contributed by atoms with van der Waals surface area (Å²) in [6, 6.07) is -0.666. The van der Waals surface area contributed by atoms with Crippen LogP contribution in [-0.4, -0.2) is 44.6 Å². The molecule has 1 saturated carbocycles. The minimum Gasteiger partial charge on any atom is -0.341 e. The maximum Gasteiger partial charge on any atom is 0.240 e. The highest BCUT2D eigenvalue weighted by molar-refractivity contribution is 7.88. The third kappa shape index (κ3) is 4.68. The third-order valence-electron chi connectivity index (χ3n) is 4.90. The van der Waals surface area contributed by atoms with E-state index in [0.717, 1.165) is 25.8 Å². The average molecular weight is 316 g/mol. The summed E-state index contributed by atoms with van der Waals surface area (Å²) in [7, 11) is -3.34. The van der Waals surface area contributed by atoms with Crippen LogP contribution >= 0.6 is 0 Å². The van der Waals surface area contributed by atoms with E-state index in [1.165, 1.54) is 44.9 Å². The van der Waals surface area contributed by atoms with Crippen LogP contribution in [0.4, 0.5) is 0 Å². The van der Waals surface area contributed by atoms with Gasteiger partial charge in [-0.05, 0) is 38.0 Å². The van der Waals surface area contributed by atoms with Crippen molar-refractivity contribution in [1.82, 2.24) is 9.62 Å². The first kappa shape index (κ1) is 16.7. The first-order chi connectivity index (χ1) is 9.81. The summed E-state index contributed by atoms with van der Waals surface area (Å²) in [5, 5.41) is 0. The summed E-state index contributed by atoms with van der Waals surface area (Å²) >= 11 is 0. The summed E-state index contributed by atoms with van der Waals surface area (Å²) in [6.45, 7) is 3.20. The fourth-order valence-electron chi connectivity index (χ4n) is 3.93. The molecular formula is C15H28N2O3S. The van der Waals surface area contributed by atoms with Crippen molar-refractivity contribution in [2.24, 2.45) is 5.41 Å². The zero-order valence-corrected chi connectivity index (χ0v) is 14.0. The summed E-state index contributed by atoms with van der Waals surface area (Å²) in [5.41, 5.74) is 0.287. The van der Waals surface area contributed by atoms with E-state index >= 15 is 0 Å². The molecule has 0 bridgehead atoms. The van der Waals surface area contributed by atoms with Crippen molar-refractivity contribution in [2.45, 2.75) is 64.3 Å². The highest BCUT2D eigenvalue weighted by Gasteiger charge is 2.38. The first-order valence-electron chi connectivity index (χ1n) is 8.07. The smallest absolute Gasteiger partial charge is 0.240 e. The molecule has 1 amide bonds.